The van der Waals surface area contributed by atoms with Gasteiger partial charge in [-0.25, -0.2) is 8.42 Å². The molecule has 1 aliphatic heterocycles. The molecule has 0 spiro atoms. The molecule has 0 radical (unpaired) electrons. The van der Waals surface area contributed by atoms with Crippen LogP contribution in [0.3, 0.4) is 0 Å². The van der Waals surface area contributed by atoms with Crippen molar-refractivity contribution in [2.45, 2.75) is 25.9 Å². The maximum Gasteiger partial charge on any atom is 0.152 e. The fourth-order valence-corrected chi connectivity index (χ4v) is 4.00. The van der Waals surface area contributed by atoms with E-state index in [2.05, 4.69) is 0 Å². The lowest BCUT2D eigenvalue weighted by molar-refractivity contribution is -0.0879. The highest BCUT2D eigenvalue weighted by Crippen LogP contribution is 2.41. The van der Waals surface area contributed by atoms with Gasteiger partial charge in [-0.2, -0.15) is 5.26 Å². The van der Waals surface area contributed by atoms with E-state index in [1.807, 2.05) is 6.07 Å². The molecule has 1 rings (SSSR count). The van der Waals surface area contributed by atoms with E-state index >= 15 is 0 Å². The summed E-state index contributed by atoms with van der Waals surface area (Å²) in [7, 11) is -3.21. The quantitative estimate of drug-likeness (QED) is 0.761. The molecule has 0 bridgehead atoms. The first-order valence-electron chi connectivity index (χ1n) is 5.20. The van der Waals surface area contributed by atoms with Gasteiger partial charge in [-0.1, -0.05) is 0 Å². The van der Waals surface area contributed by atoms with E-state index in [1.165, 1.54) is 6.92 Å². The van der Waals surface area contributed by atoms with Crippen LogP contribution < -0.4 is 0 Å². The summed E-state index contributed by atoms with van der Waals surface area (Å²) in [5.41, 5.74) is -2.66. The van der Waals surface area contributed by atoms with E-state index in [4.69, 9.17) is 10.00 Å². The Bertz CT molecular complexity index is 396. The summed E-state index contributed by atoms with van der Waals surface area (Å²) >= 11 is 0. The van der Waals surface area contributed by atoms with Crippen LogP contribution in [0, 0.1) is 16.7 Å². The minimum atomic E-state index is -3.21. The molecule has 1 saturated heterocycles. The van der Waals surface area contributed by atoms with Crippen molar-refractivity contribution >= 4 is 9.84 Å². The average Bonchev–Trinajstić information content (AvgIpc) is 2.53. The maximum atomic E-state index is 11.4. The van der Waals surface area contributed by atoms with Crippen molar-refractivity contribution in [1.29, 1.82) is 5.26 Å². The van der Waals surface area contributed by atoms with Crippen LogP contribution in [-0.2, 0) is 14.6 Å². The summed E-state index contributed by atoms with van der Waals surface area (Å²) in [6.45, 7) is 3.64. The lowest BCUT2D eigenvalue weighted by Crippen LogP contribution is -2.49. The fraction of sp³-hybridized carbons (Fsp3) is 0.900. The highest BCUT2D eigenvalue weighted by Gasteiger charge is 2.54. The molecule has 1 aliphatic rings. The second kappa shape index (κ2) is 4.32. The predicted octanol–water partition coefficient (Wildman–Crippen LogP) is 0.102. The van der Waals surface area contributed by atoms with E-state index in [1.54, 1.807) is 6.92 Å². The normalized spacial score (nSPS) is 31.9. The smallest absolute Gasteiger partial charge is 0.152 e. The Balaban J connectivity index is 2.95. The molecule has 0 amide bonds. The minimum Gasteiger partial charge on any atom is -0.386 e. The number of nitriles is 1. The van der Waals surface area contributed by atoms with E-state index in [-0.39, 0.29) is 24.5 Å². The number of sulfone groups is 1. The molecule has 0 aromatic rings. The van der Waals surface area contributed by atoms with Gasteiger partial charge >= 0.3 is 0 Å². The first-order chi connectivity index (χ1) is 7.29. The van der Waals surface area contributed by atoms with Gasteiger partial charge in [-0.15, -0.1) is 0 Å². The summed E-state index contributed by atoms with van der Waals surface area (Å²) in [5.74, 6) is -0.320. The van der Waals surface area contributed by atoms with Crippen LogP contribution in [0.5, 0.6) is 0 Å². The van der Waals surface area contributed by atoms with E-state index in [0.29, 0.717) is 6.61 Å². The van der Waals surface area contributed by atoms with Crippen LogP contribution in [-0.4, -0.2) is 43.8 Å². The van der Waals surface area contributed by atoms with Gasteiger partial charge in [0.1, 0.15) is 11.0 Å². The molecule has 2 atom stereocenters. The van der Waals surface area contributed by atoms with Crippen molar-refractivity contribution in [3.05, 3.63) is 0 Å². The van der Waals surface area contributed by atoms with Gasteiger partial charge in [-0.05, 0) is 20.3 Å². The molecule has 5 nitrogen and oxygen atoms in total. The van der Waals surface area contributed by atoms with Crippen LogP contribution in [0.2, 0.25) is 0 Å². The fourth-order valence-electron chi connectivity index (χ4n) is 1.92. The van der Waals surface area contributed by atoms with Crippen molar-refractivity contribution in [1.82, 2.24) is 0 Å². The van der Waals surface area contributed by atoms with Gasteiger partial charge in [-0.3, -0.25) is 0 Å². The standard InChI is InChI=1S/C10H17NO4S/c1-3-15-7-9(2,12)10(6-11)4-5-16(13,14)8-10/h12H,3-5,7-8H2,1-2H3. The molecular weight excluding hydrogens is 230 g/mol. The van der Waals surface area contributed by atoms with Crippen LogP contribution in [0.15, 0.2) is 0 Å². The Hall–Kier alpha value is -0.640. The number of aliphatic hydroxyl groups is 1. The highest BCUT2D eigenvalue weighted by molar-refractivity contribution is 7.91. The van der Waals surface area contributed by atoms with Crippen molar-refractivity contribution in [3.63, 3.8) is 0 Å². The summed E-state index contributed by atoms with van der Waals surface area (Å²) < 4.78 is 28.0. The van der Waals surface area contributed by atoms with Crippen molar-refractivity contribution in [3.8, 4) is 6.07 Å². The van der Waals surface area contributed by atoms with Gasteiger partial charge in [0, 0.05) is 6.61 Å². The predicted molar refractivity (Wildman–Crippen MR) is 58.4 cm³/mol. The third kappa shape index (κ3) is 2.37. The number of rotatable bonds is 4. The molecule has 2 unspecified atom stereocenters. The molecule has 1 fully saturated rings. The second-order valence-electron chi connectivity index (χ2n) is 4.45. The van der Waals surface area contributed by atoms with E-state index in [0.717, 1.165) is 0 Å². The summed E-state index contributed by atoms with van der Waals surface area (Å²) in [5, 5.41) is 19.4. The zero-order valence-corrected chi connectivity index (χ0v) is 10.4. The summed E-state index contributed by atoms with van der Waals surface area (Å²) in [4.78, 5) is 0. The first-order valence-corrected chi connectivity index (χ1v) is 7.02. The SMILES string of the molecule is CCOCC(C)(O)C1(C#N)CCS(=O)(=O)C1. The molecule has 0 aromatic heterocycles. The van der Waals surface area contributed by atoms with Crippen LogP contribution in [0.25, 0.3) is 0 Å². The zero-order valence-electron chi connectivity index (χ0n) is 9.56. The van der Waals surface area contributed by atoms with Gasteiger partial charge in [0.05, 0.1) is 24.2 Å². The number of hydrogen-bond acceptors (Lipinski definition) is 5. The topological polar surface area (TPSA) is 87.4 Å². The Kier molecular flexibility index (Phi) is 3.62. The molecule has 1 N–H and O–H groups in total. The van der Waals surface area contributed by atoms with E-state index < -0.39 is 20.9 Å². The van der Waals surface area contributed by atoms with Crippen LogP contribution >= 0.6 is 0 Å². The van der Waals surface area contributed by atoms with Crippen molar-refractivity contribution in [2.75, 3.05) is 24.7 Å². The molecule has 0 saturated carbocycles. The van der Waals surface area contributed by atoms with Gasteiger partial charge < -0.3 is 9.84 Å². The van der Waals surface area contributed by atoms with Crippen molar-refractivity contribution < 1.29 is 18.3 Å². The Morgan fingerprint density at radius 2 is 2.25 bits per heavy atom. The molecule has 0 aliphatic carbocycles. The van der Waals surface area contributed by atoms with Gasteiger partial charge in [0.25, 0.3) is 0 Å². The lowest BCUT2D eigenvalue weighted by atomic mass is 9.74. The molecule has 92 valence electrons. The number of ether oxygens (including phenoxy) is 1. The summed E-state index contributed by atoms with van der Waals surface area (Å²) in [6.07, 6.45) is 0.173. The molecular formula is C10H17NO4S. The molecule has 1 heterocycles. The van der Waals surface area contributed by atoms with Gasteiger partial charge in [0.2, 0.25) is 0 Å². The Labute approximate surface area is 95.9 Å². The zero-order chi connectivity index (χ0) is 12.4. The Morgan fingerprint density at radius 1 is 1.62 bits per heavy atom. The van der Waals surface area contributed by atoms with Crippen molar-refractivity contribution in [2.24, 2.45) is 5.41 Å². The Morgan fingerprint density at radius 3 is 2.62 bits per heavy atom. The maximum absolute atomic E-state index is 11.4. The highest BCUT2D eigenvalue weighted by atomic mass is 32.2. The van der Waals surface area contributed by atoms with Crippen LogP contribution in [0.4, 0.5) is 0 Å². The van der Waals surface area contributed by atoms with Crippen LogP contribution in [0.1, 0.15) is 20.3 Å². The molecule has 0 aromatic carbocycles. The monoisotopic (exact) mass is 247 g/mol. The van der Waals surface area contributed by atoms with Gasteiger partial charge in [0.15, 0.2) is 9.84 Å². The van der Waals surface area contributed by atoms with E-state index in [9.17, 15) is 13.5 Å². The summed E-state index contributed by atoms with van der Waals surface area (Å²) in [6, 6.07) is 1.97. The third-order valence-electron chi connectivity index (χ3n) is 3.14. The third-order valence-corrected chi connectivity index (χ3v) is 4.90. The molecule has 16 heavy (non-hydrogen) atoms. The molecule has 6 heteroatoms. The largest absolute Gasteiger partial charge is 0.386 e. The minimum absolute atomic E-state index is 0.0212. The lowest BCUT2D eigenvalue weighted by Gasteiger charge is -2.35. The number of nitrogens with zero attached hydrogens (tertiary/aromatic N) is 1. The average molecular weight is 247 g/mol. The first kappa shape index (κ1) is 13.4. The second-order valence-corrected chi connectivity index (χ2v) is 6.63. The number of hydrogen-bond donors (Lipinski definition) is 1.